The molecule has 0 unspecified atom stereocenters. The Bertz CT molecular complexity index is 1550. The molecule has 45 heavy (non-hydrogen) atoms. The van der Waals surface area contributed by atoms with Crippen LogP contribution in [0.15, 0.2) is 65.4 Å². The lowest BCUT2D eigenvalue weighted by Crippen LogP contribution is -2.49. The fourth-order valence-corrected chi connectivity index (χ4v) is 5.16. The molecular formula is C33H41N7O5. The standard InChI is InChI=1S/C33H41N7O5/c1-23(2)33-35-26(22-45-33)20-39-16-13-25-21-40(38-37-25)15-8-18-44-30-27(11-7-12-29(30)43-3)31(41)36-28(32(42)34-14-17-39)19-24-9-5-4-6-10-24/h4-7,9-12,21-23,28H,8,13-20H2,1-3H3,(H,34,42)(H,36,41)/t28-/m0/s1. The van der Waals surface area contributed by atoms with Crippen molar-refractivity contribution in [3.8, 4) is 11.5 Å². The molecule has 12 heteroatoms. The van der Waals surface area contributed by atoms with E-state index in [4.69, 9.17) is 13.9 Å². The Morgan fingerprint density at radius 1 is 1.07 bits per heavy atom. The molecule has 5 rings (SSSR count). The number of nitrogens with one attached hydrogen (secondary N) is 2. The molecule has 1 aliphatic rings. The number of methoxy groups -OCH3 is 1. The fraction of sp³-hybridized carbons (Fsp3) is 0.424. The van der Waals surface area contributed by atoms with Gasteiger partial charge in [0.2, 0.25) is 5.91 Å². The highest BCUT2D eigenvalue weighted by Crippen LogP contribution is 2.31. The van der Waals surface area contributed by atoms with Crippen LogP contribution >= 0.6 is 0 Å². The van der Waals surface area contributed by atoms with Crippen LogP contribution in [0.4, 0.5) is 0 Å². The number of amides is 2. The number of carbonyl (C=O) groups is 2. The van der Waals surface area contributed by atoms with Crippen molar-refractivity contribution in [1.82, 2.24) is 35.5 Å². The van der Waals surface area contributed by atoms with E-state index in [0.29, 0.717) is 81.5 Å². The van der Waals surface area contributed by atoms with Crippen LogP contribution < -0.4 is 20.1 Å². The van der Waals surface area contributed by atoms with E-state index in [1.165, 1.54) is 7.11 Å². The summed E-state index contributed by atoms with van der Waals surface area (Å²) in [4.78, 5) is 34.1. The Labute approximate surface area is 263 Å². The predicted molar refractivity (Wildman–Crippen MR) is 167 cm³/mol. The van der Waals surface area contributed by atoms with Gasteiger partial charge in [-0.25, -0.2) is 4.98 Å². The molecular weight excluding hydrogens is 574 g/mol. The second-order valence-electron chi connectivity index (χ2n) is 11.4. The van der Waals surface area contributed by atoms with Crippen LogP contribution in [0.1, 0.15) is 59.4 Å². The van der Waals surface area contributed by atoms with Gasteiger partial charge in [0, 0.05) is 64.1 Å². The molecule has 238 valence electrons. The van der Waals surface area contributed by atoms with Crippen LogP contribution in [0, 0.1) is 0 Å². The number of aryl methyl sites for hydroxylation is 1. The van der Waals surface area contributed by atoms with Crippen molar-refractivity contribution in [2.45, 2.75) is 58.2 Å². The molecule has 0 saturated heterocycles. The van der Waals surface area contributed by atoms with Gasteiger partial charge in [-0.2, -0.15) is 0 Å². The molecule has 0 spiro atoms. The first kappa shape index (κ1) is 31.7. The third-order valence-corrected chi connectivity index (χ3v) is 7.57. The average Bonchev–Trinajstić information content (AvgIpc) is 3.71. The van der Waals surface area contributed by atoms with E-state index < -0.39 is 11.9 Å². The molecule has 2 aromatic heterocycles. The van der Waals surface area contributed by atoms with Gasteiger partial charge in [0.05, 0.1) is 30.7 Å². The van der Waals surface area contributed by atoms with Crippen molar-refractivity contribution in [3.63, 3.8) is 0 Å². The number of nitrogens with zero attached hydrogens (tertiary/aromatic N) is 5. The Hall–Kier alpha value is -4.71. The van der Waals surface area contributed by atoms with Gasteiger partial charge < -0.3 is 24.5 Å². The Balaban J connectivity index is 1.39. The Kier molecular flexibility index (Phi) is 10.8. The van der Waals surface area contributed by atoms with E-state index >= 15 is 0 Å². The monoisotopic (exact) mass is 615 g/mol. The fourth-order valence-electron chi connectivity index (χ4n) is 5.16. The van der Waals surface area contributed by atoms with Gasteiger partial charge in [0.15, 0.2) is 17.4 Å². The van der Waals surface area contributed by atoms with Gasteiger partial charge in [-0.3, -0.25) is 19.2 Å². The summed E-state index contributed by atoms with van der Waals surface area (Å²) in [7, 11) is 1.53. The Morgan fingerprint density at radius 3 is 2.69 bits per heavy atom. The topological polar surface area (TPSA) is 137 Å². The maximum Gasteiger partial charge on any atom is 0.255 e. The number of aromatic nitrogens is 4. The van der Waals surface area contributed by atoms with Crippen molar-refractivity contribution >= 4 is 11.8 Å². The lowest BCUT2D eigenvalue weighted by molar-refractivity contribution is -0.123. The van der Waals surface area contributed by atoms with Gasteiger partial charge in [-0.1, -0.05) is 55.5 Å². The summed E-state index contributed by atoms with van der Waals surface area (Å²) in [5.74, 6) is 0.953. The van der Waals surface area contributed by atoms with Gasteiger partial charge >= 0.3 is 0 Å². The van der Waals surface area contributed by atoms with Crippen LogP contribution in [-0.4, -0.2) is 76.1 Å². The number of hydrogen-bond acceptors (Lipinski definition) is 9. The zero-order chi connectivity index (χ0) is 31.6. The third-order valence-electron chi connectivity index (χ3n) is 7.57. The lowest BCUT2D eigenvalue weighted by Gasteiger charge is -2.23. The molecule has 2 amide bonds. The largest absolute Gasteiger partial charge is 0.493 e. The third kappa shape index (κ3) is 8.69. The summed E-state index contributed by atoms with van der Waals surface area (Å²) < 4.78 is 19.1. The summed E-state index contributed by atoms with van der Waals surface area (Å²) in [6, 6.07) is 14.0. The summed E-state index contributed by atoms with van der Waals surface area (Å²) in [6.07, 6.45) is 5.28. The summed E-state index contributed by atoms with van der Waals surface area (Å²) in [5.41, 5.74) is 2.92. The molecule has 2 aromatic carbocycles. The SMILES string of the molecule is COc1cccc2c1OCCCn1cc(nn1)CCN(Cc1coc(C(C)C)n1)CCNC(=O)[C@H](Cc1ccccc1)NC2=O. The number of ether oxygens (including phenoxy) is 2. The van der Waals surface area contributed by atoms with E-state index in [2.05, 4.69) is 30.8 Å². The molecule has 2 bridgehead atoms. The number of para-hydroxylation sites is 1. The van der Waals surface area contributed by atoms with Gasteiger partial charge in [0.1, 0.15) is 12.3 Å². The number of benzene rings is 2. The van der Waals surface area contributed by atoms with Crippen molar-refractivity contribution in [3.05, 3.63) is 89.4 Å². The molecule has 12 nitrogen and oxygen atoms in total. The van der Waals surface area contributed by atoms with E-state index in [1.807, 2.05) is 50.4 Å². The molecule has 1 aliphatic heterocycles. The minimum atomic E-state index is -0.812. The molecule has 0 saturated carbocycles. The molecule has 1 atom stereocenters. The molecule has 0 aliphatic carbocycles. The van der Waals surface area contributed by atoms with Crippen molar-refractivity contribution < 1.29 is 23.5 Å². The summed E-state index contributed by atoms with van der Waals surface area (Å²) in [5, 5.41) is 14.6. The lowest BCUT2D eigenvalue weighted by atomic mass is 10.0. The van der Waals surface area contributed by atoms with E-state index in [-0.39, 0.29) is 11.8 Å². The number of rotatable bonds is 6. The van der Waals surface area contributed by atoms with Crippen molar-refractivity contribution in [1.29, 1.82) is 0 Å². The van der Waals surface area contributed by atoms with Gasteiger partial charge in [0.25, 0.3) is 5.91 Å². The number of fused-ring (bicyclic) bond motifs is 3. The number of carbonyl (C=O) groups excluding carboxylic acids is 2. The molecule has 0 fully saturated rings. The quantitative estimate of drug-likeness (QED) is 0.335. The first-order valence-electron chi connectivity index (χ1n) is 15.4. The zero-order valence-electron chi connectivity index (χ0n) is 26.1. The second-order valence-corrected chi connectivity index (χ2v) is 11.4. The summed E-state index contributed by atoms with van der Waals surface area (Å²) in [6.45, 7) is 7.17. The van der Waals surface area contributed by atoms with E-state index in [1.54, 1.807) is 29.1 Å². The second kappa shape index (κ2) is 15.3. The first-order chi connectivity index (χ1) is 21.9. The minimum Gasteiger partial charge on any atom is -0.493 e. The van der Waals surface area contributed by atoms with Crippen LogP contribution in [0.5, 0.6) is 11.5 Å². The highest BCUT2D eigenvalue weighted by molar-refractivity contribution is 6.00. The van der Waals surface area contributed by atoms with E-state index in [9.17, 15) is 9.59 Å². The highest BCUT2D eigenvalue weighted by atomic mass is 16.5. The Morgan fingerprint density at radius 2 is 1.91 bits per heavy atom. The number of oxazole rings is 1. The van der Waals surface area contributed by atoms with Crippen LogP contribution in [0.2, 0.25) is 0 Å². The van der Waals surface area contributed by atoms with Crippen molar-refractivity contribution in [2.24, 2.45) is 0 Å². The van der Waals surface area contributed by atoms with Crippen LogP contribution in [-0.2, 0) is 30.7 Å². The summed E-state index contributed by atoms with van der Waals surface area (Å²) >= 11 is 0. The first-order valence-corrected chi connectivity index (χ1v) is 15.4. The number of hydrogen-bond donors (Lipinski definition) is 2. The maximum absolute atomic E-state index is 13.7. The smallest absolute Gasteiger partial charge is 0.255 e. The average molecular weight is 616 g/mol. The predicted octanol–water partition coefficient (Wildman–Crippen LogP) is 3.38. The van der Waals surface area contributed by atoms with E-state index in [0.717, 1.165) is 17.0 Å². The normalized spacial score (nSPS) is 17.3. The maximum atomic E-state index is 13.7. The highest BCUT2D eigenvalue weighted by Gasteiger charge is 2.25. The van der Waals surface area contributed by atoms with Gasteiger partial charge in [-0.05, 0) is 17.7 Å². The molecule has 2 N–H and O–H groups in total. The molecule has 3 heterocycles. The van der Waals surface area contributed by atoms with Gasteiger partial charge in [-0.15, -0.1) is 5.10 Å². The van der Waals surface area contributed by atoms with Crippen LogP contribution in [0.25, 0.3) is 0 Å². The zero-order valence-corrected chi connectivity index (χ0v) is 26.1. The minimum absolute atomic E-state index is 0.188. The molecule has 4 aromatic rings. The van der Waals surface area contributed by atoms with Crippen molar-refractivity contribution in [2.75, 3.05) is 33.4 Å². The molecule has 0 radical (unpaired) electrons. The van der Waals surface area contributed by atoms with Crippen LogP contribution in [0.3, 0.4) is 0 Å².